The first-order chi connectivity index (χ1) is 8.34. The number of hydrogen-bond acceptors (Lipinski definition) is 4. The number of halogens is 1. The van der Waals surface area contributed by atoms with E-state index in [1.54, 1.807) is 0 Å². The van der Waals surface area contributed by atoms with Gasteiger partial charge < -0.3 is 10.6 Å². The average Bonchev–Trinajstić information content (AvgIpc) is 2.28. The van der Waals surface area contributed by atoms with Crippen molar-refractivity contribution in [1.82, 2.24) is 9.97 Å². The molecule has 1 aromatic heterocycles. The van der Waals surface area contributed by atoms with Crippen molar-refractivity contribution >= 4 is 11.8 Å². The third-order valence-electron chi connectivity index (χ3n) is 2.93. The third-order valence-corrected chi connectivity index (χ3v) is 2.93. The van der Waals surface area contributed by atoms with E-state index in [-0.39, 0.29) is 17.3 Å². The van der Waals surface area contributed by atoms with Crippen LogP contribution >= 0.6 is 0 Å². The van der Waals surface area contributed by atoms with Crippen molar-refractivity contribution in [1.29, 1.82) is 0 Å². The molecular formula is C13H23FN4. The van der Waals surface area contributed by atoms with Gasteiger partial charge in [-0.1, -0.05) is 27.7 Å². The molecule has 0 saturated heterocycles. The normalized spacial score (nSPS) is 13.2. The Hall–Kier alpha value is -1.39. The molecule has 102 valence electrons. The summed E-state index contributed by atoms with van der Waals surface area (Å²) in [7, 11) is 0. The lowest BCUT2D eigenvalue weighted by Gasteiger charge is -2.28. The number of nitrogens with zero attached hydrogens (tertiary/aromatic N) is 2. The first-order valence-electron chi connectivity index (χ1n) is 6.37. The summed E-state index contributed by atoms with van der Waals surface area (Å²) < 4.78 is 13.6. The fraction of sp³-hybridized carbons (Fsp3) is 0.692. The van der Waals surface area contributed by atoms with Gasteiger partial charge in [0.05, 0.1) is 6.20 Å². The van der Waals surface area contributed by atoms with Crippen molar-refractivity contribution < 1.29 is 4.39 Å². The van der Waals surface area contributed by atoms with Crippen LogP contribution in [0.25, 0.3) is 0 Å². The summed E-state index contributed by atoms with van der Waals surface area (Å²) in [5, 5.41) is 6.15. The van der Waals surface area contributed by atoms with Gasteiger partial charge in [-0.2, -0.15) is 4.98 Å². The fourth-order valence-electron chi connectivity index (χ4n) is 1.21. The first kappa shape index (κ1) is 14.7. The molecule has 2 N–H and O–H groups in total. The van der Waals surface area contributed by atoms with Crippen molar-refractivity contribution in [3.8, 4) is 0 Å². The zero-order valence-corrected chi connectivity index (χ0v) is 11.8. The predicted octanol–water partition coefficient (Wildman–Crippen LogP) is 3.28. The molecule has 0 radical (unpaired) electrons. The van der Waals surface area contributed by atoms with Gasteiger partial charge in [-0.15, -0.1) is 0 Å². The Balaban J connectivity index is 2.81. The van der Waals surface area contributed by atoms with Crippen LogP contribution in [0.4, 0.5) is 16.2 Å². The molecule has 1 heterocycles. The van der Waals surface area contributed by atoms with E-state index in [2.05, 4.69) is 48.3 Å². The highest BCUT2D eigenvalue weighted by Gasteiger charge is 2.21. The number of aromatic nitrogens is 2. The molecule has 5 heteroatoms. The van der Waals surface area contributed by atoms with E-state index in [9.17, 15) is 4.39 Å². The molecule has 0 aliphatic rings. The first-order valence-corrected chi connectivity index (χ1v) is 6.37. The largest absolute Gasteiger partial charge is 0.364 e. The van der Waals surface area contributed by atoms with Crippen LogP contribution in [0, 0.1) is 11.2 Å². The SMILES string of the molecule is CCCNc1ncc(F)c(NC(C)C(C)(C)C)n1. The van der Waals surface area contributed by atoms with Crippen LogP contribution in [0.2, 0.25) is 0 Å². The second-order valence-electron chi connectivity index (χ2n) is 5.55. The fourth-order valence-corrected chi connectivity index (χ4v) is 1.21. The Morgan fingerprint density at radius 2 is 2.06 bits per heavy atom. The van der Waals surface area contributed by atoms with E-state index in [0.29, 0.717) is 5.95 Å². The van der Waals surface area contributed by atoms with E-state index in [1.165, 1.54) is 6.20 Å². The number of hydrogen-bond donors (Lipinski definition) is 2. The predicted molar refractivity (Wildman–Crippen MR) is 73.3 cm³/mol. The van der Waals surface area contributed by atoms with E-state index >= 15 is 0 Å². The molecule has 0 aromatic carbocycles. The highest BCUT2D eigenvalue weighted by atomic mass is 19.1. The summed E-state index contributed by atoms with van der Waals surface area (Å²) >= 11 is 0. The molecule has 1 unspecified atom stereocenters. The quantitative estimate of drug-likeness (QED) is 0.846. The highest BCUT2D eigenvalue weighted by Crippen LogP contribution is 2.23. The van der Waals surface area contributed by atoms with Crippen LogP contribution in [0.3, 0.4) is 0 Å². The molecule has 1 aromatic rings. The van der Waals surface area contributed by atoms with Gasteiger partial charge in [0.1, 0.15) is 0 Å². The molecule has 0 fully saturated rings. The minimum absolute atomic E-state index is 0.0361. The van der Waals surface area contributed by atoms with Gasteiger partial charge in [0, 0.05) is 12.6 Å². The van der Waals surface area contributed by atoms with Gasteiger partial charge in [-0.3, -0.25) is 0 Å². The molecule has 0 aliphatic carbocycles. The summed E-state index contributed by atoms with van der Waals surface area (Å²) in [5.41, 5.74) is 0.0361. The van der Waals surface area contributed by atoms with Crippen molar-refractivity contribution in [2.75, 3.05) is 17.2 Å². The van der Waals surface area contributed by atoms with Crippen LogP contribution in [0.5, 0.6) is 0 Å². The lowest BCUT2D eigenvalue weighted by Crippen LogP contribution is -2.31. The van der Waals surface area contributed by atoms with Crippen LogP contribution in [-0.2, 0) is 0 Å². The van der Waals surface area contributed by atoms with E-state index in [0.717, 1.165) is 13.0 Å². The summed E-state index contributed by atoms with van der Waals surface area (Å²) in [6, 6.07) is 0.112. The van der Waals surface area contributed by atoms with E-state index in [4.69, 9.17) is 0 Å². The summed E-state index contributed by atoms with van der Waals surface area (Å²) in [6.45, 7) is 11.1. The van der Waals surface area contributed by atoms with Crippen molar-refractivity contribution in [2.45, 2.75) is 47.1 Å². The van der Waals surface area contributed by atoms with Crippen LogP contribution in [0.15, 0.2) is 6.20 Å². The zero-order valence-electron chi connectivity index (χ0n) is 11.8. The van der Waals surface area contributed by atoms with Gasteiger partial charge >= 0.3 is 0 Å². The Labute approximate surface area is 108 Å². The minimum atomic E-state index is -0.423. The maximum Gasteiger partial charge on any atom is 0.224 e. The molecule has 1 atom stereocenters. The maximum atomic E-state index is 13.6. The maximum absolute atomic E-state index is 13.6. The molecule has 0 amide bonds. The van der Waals surface area contributed by atoms with Gasteiger partial charge in [0.15, 0.2) is 11.6 Å². The van der Waals surface area contributed by atoms with Crippen molar-refractivity contribution in [2.24, 2.45) is 5.41 Å². The third kappa shape index (κ3) is 4.13. The van der Waals surface area contributed by atoms with Crippen molar-refractivity contribution in [3.63, 3.8) is 0 Å². The van der Waals surface area contributed by atoms with E-state index < -0.39 is 5.82 Å². The lowest BCUT2D eigenvalue weighted by molar-refractivity contribution is 0.357. The van der Waals surface area contributed by atoms with Gasteiger partial charge in [0.25, 0.3) is 0 Å². The summed E-state index contributed by atoms with van der Waals surface area (Å²) in [6.07, 6.45) is 2.17. The van der Waals surface area contributed by atoms with Gasteiger partial charge in [-0.05, 0) is 18.8 Å². The molecule has 0 aliphatic heterocycles. The molecule has 4 nitrogen and oxygen atoms in total. The average molecular weight is 254 g/mol. The second-order valence-corrected chi connectivity index (χ2v) is 5.55. The Morgan fingerprint density at radius 1 is 1.39 bits per heavy atom. The number of nitrogens with one attached hydrogen (secondary N) is 2. The Morgan fingerprint density at radius 3 is 2.61 bits per heavy atom. The van der Waals surface area contributed by atoms with Crippen LogP contribution < -0.4 is 10.6 Å². The zero-order chi connectivity index (χ0) is 13.8. The van der Waals surface area contributed by atoms with Gasteiger partial charge in [-0.25, -0.2) is 9.37 Å². The molecule has 0 spiro atoms. The highest BCUT2D eigenvalue weighted by molar-refractivity contribution is 5.42. The Kier molecular flexibility index (Phi) is 4.87. The van der Waals surface area contributed by atoms with Crippen LogP contribution in [0.1, 0.15) is 41.0 Å². The molecule has 18 heavy (non-hydrogen) atoms. The standard InChI is InChI=1S/C13H23FN4/c1-6-7-15-12-16-8-10(14)11(18-12)17-9(2)13(3,4)5/h8-9H,6-7H2,1-5H3,(H2,15,16,17,18). The molecule has 0 saturated carbocycles. The summed E-state index contributed by atoms with van der Waals surface area (Å²) in [4.78, 5) is 8.06. The van der Waals surface area contributed by atoms with Crippen LogP contribution in [-0.4, -0.2) is 22.6 Å². The van der Waals surface area contributed by atoms with Crippen molar-refractivity contribution in [3.05, 3.63) is 12.0 Å². The monoisotopic (exact) mass is 254 g/mol. The smallest absolute Gasteiger partial charge is 0.224 e. The topological polar surface area (TPSA) is 49.8 Å². The molecule has 1 rings (SSSR count). The second kappa shape index (κ2) is 5.98. The molecule has 0 bridgehead atoms. The summed E-state index contributed by atoms with van der Waals surface area (Å²) in [5.74, 6) is 0.293. The minimum Gasteiger partial charge on any atom is -0.364 e. The Bertz CT molecular complexity index is 387. The number of anilines is 2. The number of rotatable bonds is 5. The van der Waals surface area contributed by atoms with E-state index in [1.807, 2.05) is 6.92 Å². The lowest BCUT2D eigenvalue weighted by atomic mass is 9.88. The van der Waals surface area contributed by atoms with Gasteiger partial charge in [0.2, 0.25) is 5.95 Å². The molecular weight excluding hydrogens is 231 g/mol.